The van der Waals surface area contributed by atoms with Gasteiger partial charge in [0.05, 0.1) is 10.6 Å². The SMILES string of the molecule is C/C=C(\C)CCl.C=C/C(=C\C)CN1CCC(N2CCN(c3ncc(C(=O)NCC)cc3Cl)CC2C(C)C)CC1. The van der Waals surface area contributed by atoms with E-state index < -0.39 is 0 Å². The molecule has 0 bridgehead atoms. The Balaban J connectivity index is 0.000000798. The normalized spacial score (nSPS) is 20.0. The molecule has 218 valence electrons. The van der Waals surface area contributed by atoms with Crippen molar-refractivity contribution in [2.45, 2.75) is 66.5 Å². The Labute approximate surface area is 247 Å². The first-order valence-corrected chi connectivity index (χ1v) is 15.2. The van der Waals surface area contributed by atoms with Crippen molar-refractivity contribution in [3.05, 3.63) is 58.8 Å². The van der Waals surface area contributed by atoms with Gasteiger partial charge in [-0.05, 0) is 71.2 Å². The minimum atomic E-state index is -0.135. The lowest BCUT2D eigenvalue weighted by Crippen LogP contribution is -2.60. The number of nitrogens with one attached hydrogen (secondary N) is 1. The number of likely N-dealkylation sites (tertiary alicyclic amines) is 1. The Morgan fingerprint density at radius 2 is 1.90 bits per heavy atom. The van der Waals surface area contributed by atoms with Crippen LogP contribution < -0.4 is 10.2 Å². The van der Waals surface area contributed by atoms with Crippen LogP contribution in [0.2, 0.25) is 5.02 Å². The standard InChI is InChI=1S/C26H40ClN5O.C5H9Cl/c1-6-20(7-2)17-30-11-9-22(10-12-30)32-14-13-31(18-24(32)19(4)5)25-23(27)15-21(16-29-25)26(33)28-8-3;1-3-5(2)4-6/h6-7,15-16,19,22,24H,1,8-14,17-18H2,2-5H3,(H,28,33);3H,4H2,1-2H3/b20-7+;5-3+. The highest BCUT2D eigenvalue weighted by molar-refractivity contribution is 6.33. The van der Waals surface area contributed by atoms with Crippen LogP contribution in [0, 0.1) is 5.92 Å². The van der Waals surface area contributed by atoms with Crippen LogP contribution in [0.5, 0.6) is 0 Å². The Hall–Kier alpha value is -1.86. The van der Waals surface area contributed by atoms with E-state index in [0.717, 1.165) is 45.1 Å². The molecule has 2 aliphatic rings. The van der Waals surface area contributed by atoms with Crippen molar-refractivity contribution < 1.29 is 4.79 Å². The summed E-state index contributed by atoms with van der Waals surface area (Å²) in [6, 6.07) is 2.82. The number of amides is 1. The Bertz CT molecular complexity index is 985. The van der Waals surface area contributed by atoms with Crippen LogP contribution in [0.4, 0.5) is 5.82 Å². The van der Waals surface area contributed by atoms with Crippen molar-refractivity contribution in [3.8, 4) is 0 Å². The van der Waals surface area contributed by atoms with Crippen molar-refractivity contribution in [3.63, 3.8) is 0 Å². The Kier molecular flexibility index (Phi) is 14.6. The first-order valence-electron chi connectivity index (χ1n) is 14.3. The van der Waals surface area contributed by atoms with E-state index >= 15 is 0 Å². The van der Waals surface area contributed by atoms with Gasteiger partial charge in [0, 0.05) is 56.9 Å². The summed E-state index contributed by atoms with van der Waals surface area (Å²) in [5.41, 5.74) is 3.05. The largest absolute Gasteiger partial charge is 0.353 e. The molecule has 0 saturated carbocycles. The quantitative estimate of drug-likeness (QED) is 0.208. The molecule has 2 aliphatic heterocycles. The third-order valence-electron chi connectivity index (χ3n) is 7.72. The summed E-state index contributed by atoms with van der Waals surface area (Å²) in [5, 5.41) is 3.35. The highest BCUT2D eigenvalue weighted by atomic mass is 35.5. The smallest absolute Gasteiger partial charge is 0.252 e. The number of halogens is 2. The summed E-state index contributed by atoms with van der Waals surface area (Å²) in [7, 11) is 0. The highest BCUT2D eigenvalue weighted by Gasteiger charge is 2.36. The molecule has 1 amide bonds. The van der Waals surface area contributed by atoms with Gasteiger partial charge in [-0.3, -0.25) is 14.6 Å². The molecule has 2 saturated heterocycles. The third-order valence-corrected chi connectivity index (χ3v) is 8.42. The van der Waals surface area contributed by atoms with Gasteiger partial charge >= 0.3 is 0 Å². The minimum Gasteiger partial charge on any atom is -0.353 e. The van der Waals surface area contributed by atoms with Gasteiger partial charge in [0.2, 0.25) is 0 Å². The van der Waals surface area contributed by atoms with Crippen LogP contribution >= 0.6 is 23.2 Å². The van der Waals surface area contributed by atoms with Crippen molar-refractivity contribution in [1.82, 2.24) is 20.1 Å². The second-order valence-electron chi connectivity index (χ2n) is 10.7. The van der Waals surface area contributed by atoms with Gasteiger partial charge < -0.3 is 10.2 Å². The van der Waals surface area contributed by atoms with Gasteiger partial charge in [0.25, 0.3) is 5.91 Å². The van der Waals surface area contributed by atoms with E-state index in [1.807, 2.05) is 32.9 Å². The molecule has 0 spiro atoms. The van der Waals surface area contributed by atoms with Crippen LogP contribution in [0.15, 0.2) is 48.2 Å². The molecule has 1 unspecified atom stereocenters. The molecule has 1 N–H and O–H groups in total. The first kappa shape index (κ1) is 33.3. The van der Waals surface area contributed by atoms with Gasteiger partial charge in [0.1, 0.15) is 5.82 Å². The first-order chi connectivity index (χ1) is 18.7. The van der Waals surface area contributed by atoms with Gasteiger partial charge in [-0.2, -0.15) is 0 Å². The zero-order valence-corrected chi connectivity index (χ0v) is 26.4. The van der Waals surface area contributed by atoms with Crippen molar-refractivity contribution in [2.75, 3.05) is 56.6 Å². The summed E-state index contributed by atoms with van der Waals surface area (Å²) < 4.78 is 0. The van der Waals surface area contributed by atoms with E-state index in [0.29, 0.717) is 41.0 Å². The molecular formula is C31H49Cl2N5O. The van der Waals surface area contributed by atoms with Crippen LogP contribution in [-0.4, -0.2) is 84.5 Å². The van der Waals surface area contributed by atoms with Crippen LogP contribution in [-0.2, 0) is 0 Å². The maximum atomic E-state index is 12.1. The van der Waals surface area contributed by atoms with Gasteiger partial charge in [-0.15, -0.1) is 11.6 Å². The molecule has 0 radical (unpaired) electrons. The molecular weight excluding hydrogens is 529 g/mol. The van der Waals surface area contributed by atoms with Crippen molar-refractivity contribution >= 4 is 34.9 Å². The highest BCUT2D eigenvalue weighted by Crippen LogP contribution is 2.31. The number of carbonyl (C=O) groups is 1. The van der Waals surface area contributed by atoms with E-state index in [2.05, 4.69) is 58.4 Å². The predicted molar refractivity (Wildman–Crippen MR) is 168 cm³/mol. The summed E-state index contributed by atoms with van der Waals surface area (Å²) in [6.07, 6.45) is 10.2. The number of anilines is 1. The maximum absolute atomic E-state index is 12.1. The summed E-state index contributed by atoms with van der Waals surface area (Å²) in [5.74, 6) is 1.85. The van der Waals surface area contributed by atoms with Crippen LogP contribution in [0.1, 0.15) is 64.7 Å². The van der Waals surface area contributed by atoms with E-state index in [1.165, 1.54) is 24.0 Å². The fourth-order valence-corrected chi connectivity index (χ4v) is 5.57. The van der Waals surface area contributed by atoms with Crippen LogP contribution in [0.25, 0.3) is 0 Å². The number of allylic oxidation sites excluding steroid dienone is 3. The fourth-order valence-electron chi connectivity index (χ4n) is 5.13. The van der Waals surface area contributed by atoms with Crippen molar-refractivity contribution in [1.29, 1.82) is 0 Å². The molecule has 3 heterocycles. The second-order valence-corrected chi connectivity index (χ2v) is 11.4. The summed E-state index contributed by atoms with van der Waals surface area (Å²) >= 11 is 12.0. The van der Waals surface area contributed by atoms with E-state index in [-0.39, 0.29) is 5.91 Å². The average Bonchev–Trinajstić information content (AvgIpc) is 2.95. The number of nitrogens with zero attached hydrogens (tertiary/aromatic N) is 4. The molecule has 1 atom stereocenters. The lowest BCUT2D eigenvalue weighted by molar-refractivity contribution is 0.0486. The summed E-state index contributed by atoms with van der Waals surface area (Å²) in [6.45, 7) is 23.2. The number of hydrogen-bond acceptors (Lipinski definition) is 5. The topological polar surface area (TPSA) is 51.7 Å². The Morgan fingerprint density at radius 3 is 2.38 bits per heavy atom. The summed E-state index contributed by atoms with van der Waals surface area (Å²) in [4.78, 5) is 24.3. The molecule has 2 fully saturated rings. The van der Waals surface area contributed by atoms with Gasteiger partial charge in [-0.1, -0.05) is 55.8 Å². The van der Waals surface area contributed by atoms with E-state index in [4.69, 9.17) is 23.2 Å². The number of carbonyl (C=O) groups excluding carboxylic acids is 1. The molecule has 39 heavy (non-hydrogen) atoms. The molecule has 1 aromatic rings. The molecule has 6 nitrogen and oxygen atoms in total. The molecule has 0 aromatic carbocycles. The van der Waals surface area contributed by atoms with Gasteiger partial charge in [0.15, 0.2) is 0 Å². The molecule has 3 rings (SSSR count). The lowest BCUT2D eigenvalue weighted by Gasteiger charge is -2.49. The van der Waals surface area contributed by atoms with Crippen molar-refractivity contribution in [2.24, 2.45) is 5.92 Å². The monoisotopic (exact) mass is 577 g/mol. The van der Waals surface area contributed by atoms with Gasteiger partial charge in [-0.25, -0.2) is 4.98 Å². The third kappa shape index (κ3) is 9.93. The minimum absolute atomic E-state index is 0.135. The molecule has 0 aliphatic carbocycles. The predicted octanol–water partition coefficient (Wildman–Crippen LogP) is 6.42. The number of aromatic nitrogens is 1. The number of rotatable bonds is 9. The zero-order valence-electron chi connectivity index (χ0n) is 24.9. The maximum Gasteiger partial charge on any atom is 0.252 e. The number of piperazine rings is 1. The number of pyridine rings is 1. The van der Waals surface area contributed by atoms with Crippen LogP contribution in [0.3, 0.4) is 0 Å². The number of hydrogen-bond donors (Lipinski definition) is 1. The Morgan fingerprint density at radius 1 is 1.21 bits per heavy atom. The number of alkyl halides is 1. The fraction of sp³-hybridized carbons (Fsp3) is 0.613. The molecule has 8 heteroatoms. The zero-order chi connectivity index (χ0) is 28.9. The lowest BCUT2D eigenvalue weighted by atomic mass is 9.93. The molecule has 1 aromatic heterocycles. The second kappa shape index (κ2) is 17.1. The van der Waals surface area contributed by atoms with E-state index in [1.54, 1.807) is 12.3 Å². The number of piperidine rings is 1. The van der Waals surface area contributed by atoms with E-state index in [9.17, 15) is 4.79 Å². The average molecular weight is 579 g/mol.